The molecule has 0 bridgehead atoms. The molecular weight excluding hydrogens is 1180 g/mol. The average Bonchev–Trinajstić information content (AvgIpc) is 3.82. The zero-order chi connectivity index (χ0) is 40.6. The maximum Gasteiger partial charge on any atom is 0.164 e. The van der Waals surface area contributed by atoms with Crippen LogP contribution in [-0.4, -0.2) is 164 Å². The second-order valence-electron chi connectivity index (χ2n) is 17.7. The third kappa shape index (κ3) is 8.06. The van der Waals surface area contributed by atoms with E-state index in [4.69, 9.17) is 37.9 Å². The summed E-state index contributed by atoms with van der Waals surface area (Å²) in [5, 5.41) is 48.8. The predicted molar refractivity (Wildman–Crippen MR) is 236 cm³/mol. The number of ether oxygens (including phenoxy) is 8. The van der Waals surface area contributed by atoms with E-state index in [1.54, 1.807) is 0 Å². The van der Waals surface area contributed by atoms with E-state index in [-0.39, 0.29) is 13.1 Å². The summed E-state index contributed by atoms with van der Waals surface area (Å²) >= 11 is 9.05. The number of hydrogen-bond donors (Lipinski definition) is 4. The molecule has 0 spiro atoms. The fourth-order valence-electron chi connectivity index (χ4n) is 9.60. The van der Waals surface area contributed by atoms with Crippen LogP contribution < -0.4 is 0 Å². The van der Waals surface area contributed by atoms with Gasteiger partial charge in [0.05, 0.1) is 24.2 Å². The molecule has 0 aromatic heterocycles. The molecular formula is C38H52I4N2O12. The van der Waals surface area contributed by atoms with Crippen LogP contribution in [0.5, 0.6) is 0 Å². The summed E-state index contributed by atoms with van der Waals surface area (Å²) < 4.78 is 53.7. The summed E-state index contributed by atoms with van der Waals surface area (Å²) in [5.41, 5.74) is 0. The summed E-state index contributed by atoms with van der Waals surface area (Å²) in [6, 6.07) is -2.49. The molecule has 4 fully saturated rings. The van der Waals surface area contributed by atoms with Crippen molar-refractivity contribution in [3.05, 3.63) is 38.6 Å². The van der Waals surface area contributed by atoms with E-state index in [0.29, 0.717) is 0 Å². The largest absolute Gasteiger partial charge is 0.388 e. The molecule has 0 saturated carbocycles. The van der Waals surface area contributed by atoms with Gasteiger partial charge in [-0.2, -0.15) is 0 Å². The van der Waals surface area contributed by atoms with Gasteiger partial charge in [0, 0.05) is 27.4 Å². The maximum absolute atomic E-state index is 12.2. The van der Waals surface area contributed by atoms with E-state index in [1.807, 2.05) is 79.7 Å². The van der Waals surface area contributed by atoms with Crippen molar-refractivity contribution in [1.29, 1.82) is 0 Å². The first-order valence-corrected chi connectivity index (χ1v) is 23.4. The van der Waals surface area contributed by atoms with Crippen LogP contribution in [0.15, 0.2) is 38.6 Å². The van der Waals surface area contributed by atoms with Gasteiger partial charge in [-0.05, 0) is 146 Å². The van der Waals surface area contributed by atoms with Crippen molar-refractivity contribution in [2.24, 2.45) is 0 Å². The highest BCUT2D eigenvalue weighted by molar-refractivity contribution is 14.1. The van der Waals surface area contributed by atoms with Gasteiger partial charge in [0.25, 0.3) is 0 Å². The summed E-state index contributed by atoms with van der Waals surface area (Å²) in [6.07, 6.45) is -0.466. The Morgan fingerprint density at radius 2 is 0.607 bits per heavy atom. The quantitative estimate of drug-likeness (QED) is 0.272. The highest BCUT2D eigenvalue weighted by Crippen LogP contribution is 2.47. The van der Waals surface area contributed by atoms with Crippen molar-refractivity contribution in [1.82, 2.24) is 9.80 Å². The number of aliphatic hydroxyl groups excluding tert-OH is 4. The summed E-state index contributed by atoms with van der Waals surface area (Å²) in [7, 11) is 0. The zero-order valence-corrected chi connectivity index (χ0v) is 41.1. The van der Waals surface area contributed by atoms with Gasteiger partial charge in [-0.25, -0.2) is 0 Å². The fraction of sp³-hybridized carbons (Fsp3) is 0.789. The van der Waals surface area contributed by atoms with Crippen LogP contribution in [0.3, 0.4) is 0 Å². The Balaban J connectivity index is 1.19. The molecule has 4 saturated heterocycles. The lowest BCUT2D eigenvalue weighted by Gasteiger charge is -2.49. The molecule has 4 aliphatic heterocycles. The number of halogens is 4. The third-order valence-electron chi connectivity index (χ3n) is 11.8. The molecule has 8 aliphatic rings. The van der Waals surface area contributed by atoms with E-state index < -0.39 is 121 Å². The Morgan fingerprint density at radius 3 is 0.804 bits per heavy atom. The van der Waals surface area contributed by atoms with Crippen molar-refractivity contribution in [2.45, 2.75) is 176 Å². The monoisotopic (exact) mass is 1240 g/mol. The summed E-state index contributed by atoms with van der Waals surface area (Å²) in [5.74, 6) is -3.60. The lowest BCUT2D eigenvalue weighted by Crippen LogP contribution is -2.65. The van der Waals surface area contributed by atoms with E-state index in [2.05, 4.69) is 100 Å². The minimum Gasteiger partial charge on any atom is -0.388 e. The third-order valence-corrected chi connectivity index (χ3v) is 15.7. The lowest BCUT2D eigenvalue weighted by atomic mass is 9.87. The van der Waals surface area contributed by atoms with Gasteiger partial charge in [-0.15, -0.1) is 0 Å². The molecule has 0 aromatic carbocycles. The van der Waals surface area contributed by atoms with Crippen LogP contribution in [0.25, 0.3) is 0 Å². The number of rotatable bonds is 7. The SMILES string of the molecule is CC1(C)O[C@H]2[C@H](O)[C@@H](N(CCN([C@H]3C=C(I)[C@H]4OC(C)(C)O[C@H]4[C@@H]3O)[C@H]3C=C(I)[C@H]4OC(C)(C)O[C@H]4[C@@H]3O)[C@H]3C=C(I)[C@H]4OC(C)(C)O[C@H]4[C@@H]3O)C=C(I)[C@H]2O1. The second-order valence-corrected chi connectivity index (χ2v) is 22.7. The Hall–Kier alpha value is 1.32. The number of aliphatic hydroxyl groups is 4. The molecule has 4 aliphatic carbocycles. The molecule has 8 rings (SSSR count). The zero-order valence-electron chi connectivity index (χ0n) is 32.4. The molecule has 18 heteroatoms. The van der Waals surface area contributed by atoms with Crippen molar-refractivity contribution in [3.8, 4) is 0 Å². The molecule has 4 heterocycles. The maximum atomic E-state index is 12.2. The minimum atomic E-state index is -1.02. The Kier molecular flexibility index (Phi) is 12.2. The molecule has 56 heavy (non-hydrogen) atoms. The van der Waals surface area contributed by atoms with Gasteiger partial charge in [0.1, 0.15) is 73.2 Å². The van der Waals surface area contributed by atoms with E-state index in [0.717, 1.165) is 14.3 Å². The normalized spacial score (nSPS) is 47.1. The van der Waals surface area contributed by atoms with Crippen LogP contribution in [-0.2, 0) is 37.9 Å². The molecule has 0 aromatic rings. The van der Waals surface area contributed by atoms with Gasteiger partial charge in [0.2, 0.25) is 0 Å². The van der Waals surface area contributed by atoms with Gasteiger partial charge < -0.3 is 58.3 Å². The first kappa shape index (κ1) is 43.9. The van der Waals surface area contributed by atoms with Gasteiger partial charge in [0.15, 0.2) is 23.1 Å². The average molecular weight is 1240 g/mol. The van der Waals surface area contributed by atoms with E-state index in [1.165, 1.54) is 0 Å². The van der Waals surface area contributed by atoms with E-state index in [9.17, 15) is 20.4 Å². The highest BCUT2D eigenvalue weighted by atomic mass is 127. The Bertz CT molecular complexity index is 1450. The van der Waals surface area contributed by atoms with Crippen LogP contribution in [0.2, 0.25) is 0 Å². The molecule has 16 atom stereocenters. The standard InChI is InChI=1S/C38H52I4N2O12/c1-35(2)49-27-15(39)11-19(23(45)31(27)53-35)43(20-12-16(40)28-32(24(20)46)54-36(3,4)50-28)9-10-44(21-13-17(41)29-33(25(21)47)55-37(5,6)51-29)22-14-18(42)30-34(26(22)48)56-38(7,8)52-30/h11-14,19-34,45-48H,9-10H2,1-8H3/t19-,20-,21-,22-,23+,24+,25+,26+,27+,28+,29+,30+,31-,32-,33-,34-/m0/s1. The molecule has 14 nitrogen and oxygen atoms in total. The van der Waals surface area contributed by atoms with Gasteiger partial charge in [-0.3, -0.25) is 9.80 Å². The number of fused-ring (bicyclic) bond motifs is 4. The van der Waals surface area contributed by atoms with Crippen LogP contribution in [0, 0.1) is 0 Å². The number of hydrogen-bond acceptors (Lipinski definition) is 14. The van der Waals surface area contributed by atoms with Gasteiger partial charge in [-0.1, -0.05) is 24.3 Å². The molecule has 0 unspecified atom stereocenters. The summed E-state index contributed by atoms with van der Waals surface area (Å²) in [4.78, 5) is 4.18. The summed E-state index contributed by atoms with van der Waals surface area (Å²) in [6.45, 7) is 15.3. The van der Waals surface area contributed by atoms with Crippen LogP contribution in [0.1, 0.15) is 55.4 Å². The van der Waals surface area contributed by atoms with Crippen molar-refractivity contribution in [3.63, 3.8) is 0 Å². The first-order valence-electron chi connectivity index (χ1n) is 19.1. The Labute approximate surface area is 382 Å². The van der Waals surface area contributed by atoms with Crippen molar-refractivity contribution in [2.75, 3.05) is 13.1 Å². The smallest absolute Gasteiger partial charge is 0.164 e. The van der Waals surface area contributed by atoms with Crippen molar-refractivity contribution < 1.29 is 58.3 Å². The van der Waals surface area contributed by atoms with Crippen molar-refractivity contribution >= 4 is 90.4 Å². The molecule has 0 radical (unpaired) electrons. The van der Waals surface area contributed by atoms with Crippen LogP contribution >= 0.6 is 90.4 Å². The lowest BCUT2D eigenvalue weighted by molar-refractivity contribution is -0.165. The molecule has 0 amide bonds. The topological polar surface area (TPSA) is 161 Å². The fourth-order valence-corrected chi connectivity index (χ4v) is 13.0. The highest BCUT2D eigenvalue weighted by Gasteiger charge is 2.58. The second kappa shape index (κ2) is 15.5. The Morgan fingerprint density at radius 1 is 0.411 bits per heavy atom. The first-order chi connectivity index (χ1) is 26.0. The van der Waals surface area contributed by atoms with E-state index >= 15 is 0 Å². The predicted octanol–water partition coefficient (Wildman–Crippen LogP) is 3.92. The molecule has 314 valence electrons. The molecule has 4 N–H and O–H groups in total. The number of nitrogens with zero attached hydrogens (tertiary/aromatic N) is 2. The van der Waals surface area contributed by atoms with Crippen LogP contribution in [0.4, 0.5) is 0 Å². The minimum absolute atomic E-state index is 0.280. The van der Waals surface area contributed by atoms with Gasteiger partial charge >= 0.3 is 0 Å².